The molecule has 6 nitrogen and oxygen atoms in total. The summed E-state index contributed by atoms with van der Waals surface area (Å²) in [6, 6.07) is 12.5. The van der Waals surface area contributed by atoms with Gasteiger partial charge in [-0.1, -0.05) is 30.3 Å². The van der Waals surface area contributed by atoms with Gasteiger partial charge in [-0.15, -0.1) is 0 Å². The minimum Gasteiger partial charge on any atom is -0.336 e. The molecule has 0 spiro atoms. The molecule has 126 valence electrons. The van der Waals surface area contributed by atoms with Crippen LogP contribution in [0, 0.1) is 0 Å². The zero-order chi connectivity index (χ0) is 17.0. The molecule has 0 atom stereocenters. The molecule has 1 amide bonds. The molecule has 1 aliphatic rings. The van der Waals surface area contributed by atoms with Crippen molar-refractivity contribution in [2.24, 2.45) is 0 Å². The molecule has 0 N–H and O–H groups in total. The van der Waals surface area contributed by atoms with E-state index in [-0.39, 0.29) is 11.7 Å². The third-order valence-electron chi connectivity index (χ3n) is 4.04. The zero-order valence-electron chi connectivity index (χ0n) is 13.2. The van der Waals surface area contributed by atoms with Gasteiger partial charge in [0, 0.05) is 44.1 Å². The topological polar surface area (TPSA) is 70.6 Å². The Bertz CT molecular complexity index is 786. The Kier molecular flexibility index (Phi) is 4.92. The van der Waals surface area contributed by atoms with Crippen molar-refractivity contribution in [1.82, 2.24) is 14.2 Å². The highest BCUT2D eigenvalue weighted by molar-refractivity contribution is 7.88. The summed E-state index contributed by atoms with van der Waals surface area (Å²) < 4.78 is 26.5. The molecular weight excluding hydrogens is 326 g/mol. The molecular formula is C17H19N3O3S. The summed E-state index contributed by atoms with van der Waals surface area (Å²) in [7, 11) is -3.36. The van der Waals surface area contributed by atoms with E-state index in [0.717, 1.165) is 5.56 Å². The average molecular weight is 345 g/mol. The first-order chi connectivity index (χ1) is 11.6. The lowest BCUT2D eigenvalue weighted by Gasteiger charge is -2.34. The highest BCUT2D eigenvalue weighted by Gasteiger charge is 2.29. The number of piperazine rings is 1. The molecule has 0 aliphatic carbocycles. The molecule has 2 heterocycles. The first kappa shape index (κ1) is 16.6. The maximum absolute atomic E-state index is 12.5. The second-order valence-corrected chi connectivity index (χ2v) is 7.64. The molecule has 1 aromatic heterocycles. The van der Waals surface area contributed by atoms with Crippen molar-refractivity contribution < 1.29 is 13.2 Å². The number of amides is 1. The van der Waals surface area contributed by atoms with Gasteiger partial charge < -0.3 is 4.90 Å². The molecule has 0 radical (unpaired) electrons. The van der Waals surface area contributed by atoms with E-state index in [1.165, 1.54) is 4.31 Å². The smallest absolute Gasteiger partial charge is 0.254 e. The van der Waals surface area contributed by atoms with E-state index in [2.05, 4.69) is 4.98 Å². The molecule has 1 fully saturated rings. The summed E-state index contributed by atoms with van der Waals surface area (Å²) in [6.07, 6.45) is 3.15. The number of nitrogens with zero attached hydrogens (tertiary/aromatic N) is 3. The van der Waals surface area contributed by atoms with Crippen LogP contribution in [0.15, 0.2) is 54.9 Å². The summed E-state index contributed by atoms with van der Waals surface area (Å²) in [5.41, 5.74) is 1.35. The summed E-state index contributed by atoms with van der Waals surface area (Å²) in [5, 5.41) is 0. The van der Waals surface area contributed by atoms with Crippen molar-refractivity contribution in [3.8, 4) is 0 Å². The van der Waals surface area contributed by atoms with Crippen molar-refractivity contribution in [2.45, 2.75) is 5.75 Å². The Balaban J connectivity index is 1.61. The first-order valence-electron chi connectivity index (χ1n) is 7.77. The number of pyridine rings is 1. The Morgan fingerprint density at radius 2 is 1.58 bits per heavy atom. The Labute approximate surface area is 141 Å². The standard InChI is InChI=1S/C17H19N3O3S/c21-17(16-6-8-18-9-7-16)19-10-12-20(13-11-19)24(22,23)14-15-4-2-1-3-5-15/h1-9H,10-14H2. The molecule has 0 unspecified atom stereocenters. The van der Waals surface area contributed by atoms with E-state index in [1.54, 1.807) is 41.6 Å². The van der Waals surface area contributed by atoms with Crippen LogP contribution in [0.4, 0.5) is 0 Å². The molecule has 1 aromatic carbocycles. The molecule has 0 bridgehead atoms. The molecule has 0 saturated carbocycles. The van der Waals surface area contributed by atoms with Crippen molar-refractivity contribution >= 4 is 15.9 Å². The van der Waals surface area contributed by atoms with Gasteiger partial charge in [-0.05, 0) is 17.7 Å². The van der Waals surface area contributed by atoms with Crippen molar-refractivity contribution in [2.75, 3.05) is 26.2 Å². The number of rotatable bonds is 4. The number of hydrogen-bond donors (Lipinski definition) is 0. The van der Waals surface area contributed by atoms with E-state index in [9.17, 15) is 13.2 Å². The summed E-state index contributed by atoms with van der Waals surface area (Å²) in [6.45, 7) is 1.45. The second-order valence-electron chi connectivity index (χ2n) is 5.67. The average Bonchev–Trinajstić information content (AvgIpc) is 2.62. The number of sulfonamides is 1. The van der Waals surface area contributed by atoms with Crippen LogP contribution in [0.25, 0.3) is 0 Å². The van der Waals surface area contributed by atoms with Gasteiger partial charge in [0.2, 0.25) is 10.0 Å². The van der Waals surface area contributed by atoms with E-state index in [1.807, 2.05) is 18.2 Å². The number of aromatic nitrogens is 1. The molecule has 1 saturated heterocycles. The van der Waals surface area contributed by atoms with Crippen LogP contribution in [0.3, 0.4) is 0 Å². The number of hydrogen-bond acceptors (Lipinski definition) is 4. The highest BCUT2D eigenvalue weighted by atomic mass is 32.2. The number of carbonyl (C=O) groups excluding carboxylic acids is 1. The Morgan fingerprint density at radius 1 is 0.958 bits per heavy atom. The van der Waals surface area contributed by atoms with Gasteiger partial charge in [-0.2, -0.15) is 4.31 Å². The predicted octanol–water partition coefficient (Wildman–Crippen LogP) is 1.37. The minimum absolute atomic E-state index is 0.00780. The van der Waals surface area contributed by atoms with Crippen LogP contribution < -0.4 is 0 Å². The molecule has 24 heavy (non-hydrogen) atoms. The van der Waals surface area contributed by atoms with E-state index >= 15 is 0 Å². The lowest BCUT2D eigenvalue weighted by atomic mass is 10.2. The molecule has 3 rings (SSSR count). The molecule has 2 aromatic rings. The van der Waals surface area contributed by atoms with Gasteiger partial charge in [-0.3, -0.25) is 9.78 Å². The van der Waals surface area contributed by atoms with Crippen LogP contribution in [0.1, 0.15) is 15.9 Å². The normalized spacial score (nSPS) is 16.1. The quantitative estimate of drug-likeness (QED) is 0.839. The summed E-state index contributed by atoms with van der Waals surface area (Å²) >= 11 is 0. The highest BCUT2D eigenvalue weighted by Crippen LogP contribution is 2.15. The van der Waals surface area contributed by atoms with Crippen LogP contribution in [0.2, 0.25) is 0 Å². The van der Waals surface area contributed by atoms with Crippen LogP contribution in [0.5, 0.6) is 0 Å². The lowest BCUT2D eigenvalue weighted by molar-refractivity contribution is 0.0697. The minimum atomic E-state index is -3.36. The van der Waals surface area contributed by atoms with E-state index in [0.29, 0.717) is 31.7 Å². The van der Waals surface area contributed by atoms with Gasteiger partial charge in [0.25, 0.3) is 5.91 Å². The van der Waals surface area contributed by atoms with Crippen LogP contribution in [-0.2, 0) is 15.8 Å². The van der Waals surface area contributed by atoms with Crippen molar-refractivity contribution in [3.63, 3.8) is 0 Å². The lowest BCUT2D eigenvalue weighted by Crippen LogP contribution is -2.50. The fourth-order valence-electron chi connectivity index (χ4n) is 2.72. The van der Waals surface area contributed by atoms with Crippen molar-refractivity contribution in [1.29, 1.82) is 0 Å². The SMILES string of the molecule is O=C(c1ccncc1)N1CCN(S(=O)(=O)Cc2ccccc2)CC1. The van der Waals surface area contributed by atoms with E-state index in [4.69, 9.17) is 0 Å². The number of carbonyl (C=O) groups is 1. The fourth-order valence-corrected chi connectivity index (χ4v) is 4.24. The van der Waals surface area contributed by atoms with Crippen LogP contribution >= 0.6 is 0 Å². The maximum Gasteiger partial charge on any atom is 0.254 e. The van der Waals surface area contributed by atoms with Gasteiger partial charge >= 0.3 is 0 Å². The first-order valence-corrected chi connectivity index (χ1v) is 9.38. The van der Waals surface area contributed by atoms with E-state index < -0.39 is 10.0 Å². The number of benzene rings is 1. The maximum atomic E-state index is 12.5. The third kappa shape index (κ3) is 3.80. The zero-order valence-corrected chi connectivity index (χ0v) is 14.0. The van der Waals surface area contributed by atoms with Gasteiger partial charge in [-0.25, -0.2) is 8.42 Å². The Hall–Kier alpha value is -2.25. The second kappa shape index (κ2) is 7.11. The van der Waals surface area contributed by atoms with Gasteiger partial charge in [0.05, 0.1) is 5.75 Å². The summed E-state index contributed by atoms with van der Waals surface area (Å²) in [4.78, 5) is 18.0. The van der Waals surface area contributed by atoms with Crippen LogP contribution in [-0.4, -0.2) is 54.7 Å². The molecule has 1 aliphatic heterocycles. The monoisotopic (exact) mass is 345 g/mol. The largest absolute Gasteiger partial charge is 0.336 e. The van der Waals surface area contributed by atoms with Gasteiger partial charge in [0.15, 0.2) is 0 Å². The Morgan fingerprint density at radius 3 is 2.21 bits per heavy atom. The van der Waals surface area contributed by atoms with Crippen molar-refractivity contribution in [3.05, 3.63) is 66.0 Å². The molecule has 7 heteroatoms. The summed E-state index contributed by atoms with van der Waals surface area (Å²) in [5.74, 6) is -0.0934. The fraction of sp³-hybridized carbons (Fsp3) is 0.294. The predicted molar refractivity (Wildman–Crippen MR) is 90.8 cm³/mol. The third-order valence-corrected chi connectivity index (χ3v) is 5.89. The van der Waals surface area contributed by atoms with Gasteiger partial charge in [0.1, 0.15) is 0 Å².